The zero-order chi connectivity index (χ0) is 15.2. The van der Waals surface area contributed by atoms with Crippen molar-refractivity contribution in [1.29, 1.82) is 0 Å². The van der Waals surface area contributed by atoms with Crippen molar-refractivity contribution >= 4 is 5.97 Å². The van der Waals surface area contributed by atoms with Crippen LogP contribution in [0.1, 0.15) is 51.0 Å². The van der Waals surface area contributed by atoms with Crippen LogP contribution in [0.25, 0.3) is 0 Å². The molecule has 0 saturated heterocycles. The van der Waals surface area contributed by atoms with Crippen LogP contribution in [0.3, 0.4) is 0 Å². The highest BCUT2D eigenvalue weighted by atomic mass is 16.4. The lowest BCUT2D eigenvalue weighted by molar-refractivity contribution is -0.139. The predicted molar refractivity (Wildman–Crippen MR) is 85.5 cm³/mol. The summed E-state index contributed by atoms with van der Waals surface area (Å²) < 4.78 is 0. The maximum Gasteiger partial charge on any atom is 0.312 e. The Morgan fingerprint density at radius 2 is 1.81 bits per heavy atom. The second-order valence-corrected chi connectivity index (χ2v) is 6.59. The summed E-state index contributed by atoms with van der Waals surface area (Å²) in [7, 11) is 0. The Kier molecular flexibility index (Phi) is 5.80. The molecule has 1 unspecified atom stereocenters. The number of hydrogen-bond acceptors (Lipinski definition) is 2. The van der Waals surface area contributed by atoms with E-state index in [1.807, 2.05) is 30.3 Å². The van der Waals surface area contributed by atoms with Gasteiger partial charge in [0.05, 0.1) is 5.92 Å². The van der Waals surface area contributed by atoms with Crippen LogP contribution < -0.4 is 0 Å². The monoisotopic (exact) mass is 289 g/mol. The van der Waals surface area contributed by atoms with E-state index >= 15 is 0 Å². The van der Waals surface area contributed by atoms with Crippen LogP contribution in [-0.2, 0) is 4.79 Å². The molecule has 0 radical (unpaired) electrons. The molecule has 1 atom stereocenters. The van der Waals surface area contributed by atoms with Gasteiger partial charge in [-0.05, 0) is 24.3 Å². The van der Waals surface area contributed by atoms with E-state index in [9.17, 15) is 9.90 Å². The van der Waals surface area contributed by atoms with Crippen molar-refractivity contribution in [3.05, 3.63) is 35.9 Å². The molecule has 0 heterocycles. The molecule has 116 valence electrons. The van der Waals surface area contributed by atoms with Gasteiger partial charge in [0.15, 0.2) is 0 Å². The lowest BCUT2D eigenvalue weighted by Crippen LogP contribution is -2.40. The summed E-state index contributed by atoms with van der Waals surface area (Å²) in [6.45, 7) is 6.03. The van der Waals surface area contributed by atoms with Crippen molar-refractivity contribution in [1.82, 2.24) is 4.90 Å². The number of nitrogens with zero attached hydrogens (tertiary/aromatic N) is 1. The van der Waals surface area contributed by atoms with Gasteiger partial charge in [0.1, 0.15) is 0 Å². The van der Waals surface area contributed by atoms with E-state index in [2.05, 4.69) is 18.7 Å². The zero-order valence-electron chi connectivity index (χ0n) is 13.2. The third-order valence-electron chi connectivity index (χ3n) is 4.36. The van der Waals surface area contributed by atoms with Crippen molar-refractivity contribution in [2.75, 3.05) is 13.1 Å². The first kappa shape index (κ1) is 16.0. The molecule has 21 heavy (non-hydrogen) atoms. The van der Waals surface area contributed by atoms with E-state index in [-0.39, 0.29) is 0 Å². The molecule has 0 amide bonds. The predicted octanol–water partition coefficient (Wildman–Crippen LogP) is 3.76. The molecule has 0 spiro atoms. The van der Waals surface area contributed by atoms with Crippen LogP contribution in [0, 0.1) is 5.92 Å². The molecule has 0 aromatic heterocycles. The maximum atomic E-state index is 11.7. The largest absolute Gasteiger partial charge is 0.481 e. The molecule has 0 aliphatic heterocycles. The van der Waals surface area contributed by atoms with E-state index < -0.39 is 11.9 Å². The van der Waals surface area contributed by atoms with Crippen molar-refractivity contribution in [2.45, 2.75) is 51.5 Å². The lowest BCUT2D eigenvalue weighted by atomic mass is 9.97. The topological polar surface area (TPSA) is 40.5 Å². The van der Waals surface area contributed by atoms with Crippen molar-refractivity contribution in [3.8, 4) is 0 Å². The molecule has 1 saturated carbocycles. The minimum Gasteiger partial charge on any atom is -0.481 e. The molecular formula is C18H27NO2. The number of benzene rings is 1. The van der Waals surface area contributed by atoms with Gasteiger partial charge in [-0.3, -0.25) is 9.69 Å². The lowest BCUT2D eigenvalue weighted by Gasteiger charge is -2.32. The third kappa shape index (κ3) is 4.57. The number of hydrogen-bond donors (Lipinski definition) is 1. The number of aliphatic carboxylic acids is 1. The zero-order valence-corrected chi connectivity index (χ0v) is 13.2. The van der Waals surface area contributed by atoms with E-state index in [4.69, 9.17) is 0 Å². The van der Waals surface area contributed by atoms with Crippen LogP contribution in [0.4, 0.5) is 0 Å². The molecule has 0 bridgehead atoms. The van der Waals surface area contributed by atoms with Gasteiger partial charge in [-0.25, -0.2) is 0 Å². The Labute approximate surface area is 128 Å². The standard InChI is InChI=1S/C18H27NO2/c1-14(2)12-19(16-10-6-7-11-16)13-17(18(20)21)15-8-4-3-5-9-15/h3-5,8-9,14,16-17H,6-7,10-13H2,1-2H3,(H,20,21). The average molecular weight is 289 g/mol. The molecular weight excluding hydrogens is 262 g/mol. The fraction of sp³-hybridized carbons (Fsp3) is 0.611. The van der Waals surface area contributed by atoms with Gasteiger partial charge in [0.25, 0.3) is 0 Å². The SMILES string of the molecule is CC(C)CN(CC(C(=O)O)c1ccccc1)C1CCCC1. The van der Waals surface area contributed by atoms with Crippen LogP contribution in [0.2, 0.25) is 0 Å². The van der Waals surface area contributed by atoms with Gasteiger partial charge in [0.2, 0.25) is 0 Å². The summed E-state index contributed by atoms with van der Waals surface area (Å²) in [4.78, 5) is 14.1. The number of rotatable bonds is 7. The molecule has 1 N–H and O–H groups in total. The molecule has 1 aromatic carbocycles. The molecule has 3 heteroatoms. The first-order valence-corrected chi connectivity index (χ1v) is 8.09. The summed E-state index contributed by atoms with van der Waals surface area (Å²) >= 11 is 0. The highest BCUT2D eigenvalue weighted by Gasteiger charge is 2.29. The van der Waals surface area contributed by atoms with Crippen molar-refractivity contribution in [3.63, 3.8) is 0 Å². The van der Waals surface area contributed by atoms with E-state index in [0.29, 0.717) is 18.5 Å². The minimum absolute atomic E-state index is 0.425. The molecule has 1 aliphatic rings. The maximum absolute atomic E-state index is 11.7. The van der Waals surface area contributed by atoms with Crippen LogP contribution in [0.15, 0.2) is 30.3 Å². The normalized spacial score (nSPS) is 17.5. The third-order valence-corrected chi connectivity index (χ3v) is 4.36. The highest BCUT2D eigenvalue weighted by Crippen LogP contribution is 2.27. The highest BCUT2D eigenvalue weighted by molar-refractivity contribution is 5.76. The minimum atomic E-state index is -0.715. The smallest absolute Gasteiger partial charge is 0.312 e. The molecule has 3 nitrogen and oxygen atoms in total. The van der Waals surface area contributed by atoms with Crippen molar-refractivity contribution < 1.29 is 9.90 Å². The second-order valence-electron chi connectivity index (χ2n) is 6.59. The van der Waals surface area contributed by atoms with E-state index in [1.54, 1.807) is 0 Å². The van der Waals surface area contributed by atoms with Gasteiger partial charge in [-0.1, -0.05) is 57.0 Å². The summed E-state index contributed by atoms with van der Waals surface area (Å²) in [6, 6.07) is 10.2. The first-order chi connectivity index (χ1) is 10.1. The average Bonchev–Trinajstić information content (AvgIpc) is 2.97. The van der Waals surface area contributed by atoms with Crippen LogP contribution in [0.5, 0.6) is 0 Å². The van der Waals surface area contributed by atoms with Gasteiger partial charge in [-0.15, -0.1) is 0 Å². The van der Waals surface area contributed by atoms with Crippen molar-refractivity contribution in [2.24, 2.45) is 5.92 Å². The van der Waals surface area contributed by atoms with Gasteiger partial charge >= 0.3 is 5.97 Å². The quantitative estimate of drug-likeness (QED) is 0.831. The molecule has 1 aliphatic carbocycles. The van der Waals surface area contributed by atoms with E-state index in [0.717, 1.165) is 12.1 Å². The second kappa shape index (κ2) is 7.60. The number of carboxylic acids is 1. The Morgan fingerprint density at radius 3 is 2.33 bits per heavy atom. The Hall–Kier alpha value is -1.35. The fourth-order valence-electron chi connectivity index (χ4n) is 3.36. The first-order valence-electron chi connectivity index (χ1n) is 8.09. The van der Waals surface area contributed by atoms with Gasteiger partial charge in [0, 0.05) is 19.1 Å². The van der Waals surface area contributed by atoms with E-state index in [1.165, 1.54) is 25.7 Å². The van der Waals surface area contributed by atoms with Crippen LogP contribution in [-0.4, -0.2) is 35.1 Å². The van der Waals surface area contributed by atoms with Crippen LogP contribution >= 0.6 is 0 Å². The van der Waals surface area contributed by atoms with Gasteiger partial charge in [-0.2, -0.15) is 0 Å². The summed E-state index contributed by atoms with van der Waals surface area (Å²) in [5.41, 5.74) is 0.914. The fourth-order valence-corrected chi connectivity index (χ4v) is 3.36. The summed E-state index contributed by atoms with van der Waals surface area (Å²) in [5, 5.41) is 9.63. The summed E-state index contributed by atoms with van der Waals surface area (Å²) in [6.07, 6.45) is 4.99. The number of carboxylic acid groups (broad SMARTS) is 1. The Morgan fingerprint density at radius 1 is 1.19 bits per heavy atom. The molecule has 1 fully saturated rings. The summed E-state index contributed by atoms with van der Waals surface area (Å²) in [5.74, 6) is -0.575. The Bertz CT molecular complexity index is 438. The van der Waals surface area contributed by atoms with Gasteiger partial charge < -0.3 is 5.11 Å². The number of carbonyl (C=O) groups is 1. The molecule has 2 rings (SSSR count). The Balaban J connectivity index is 2.13. The molecule has 1 aromatic rings.